The van der Waals surface area contributed by atoms with Gasteiger partial charge >= 0.3 is 0 Å². The molecule has 6 nitrogen and oxygen atoms in total. The molecule has 6 heteroatoms. The monoisotopic (exact) mass is 402 g/mol. The Bertz CT molecular complexity index is 806. The molecule has 29 heavy (non-hydrogen) atoms. The van der Waals surface area contributed by atoms with E-state index in [4.69, 9.17) is 14.6 Å². The second-order valence-corrected chi connectivity index (χ2v) is 9.62. The molecular weight excluding hydrogens is 364 g/mol. The van der Waals surface area contributed by atoms with Crippen LogP contribution in [0.1, 0.15) is 82.9 Å². The first-order chi connectivity index (χ1) is 13.5. The molecule has 0 N–H and O–H groups in total. The number of hydrogen-bond donors (Lipinski definition) is 0. The summed E-state index contributed by atoms with van der Waals surface area (Å²) in [6, 6.07) is 0.306. The molecule has 0 saturated heterocycles. The van der Waals surface area contributed by atoms with Crippen molar-refractivity contribution in [1.82, 2.24) is 19.7 Å². The zero-order valence-electron chi connectivity index (χ0n) is 19.7. The van der Waals surface area contributed by atoms with E-state index in [1.54, 1.807) is 13.4 Å². The van der Waals surface area contributed by atoms with Crippen LogP contribution in [-0.2, 0) is 15.6 Å². The van der Waals surface area contributed by atoms with E-state index in [1.807, 2.05) is 13.1 Å². The fourth-order valence-corrected chi connectivity index (χ4v) is 4.10. The van der Waals surface area contributed by atoms with Crippen LogP contribution in [0.4, 0.5) is 0 Å². The van der Waals surface area contributed by atoms with Crippen LogP contribution < -0.4 is 4.74 Å². The number of nitrogens with zero attached hydrogens (tertiary/aromatic N) is 4. The van der Waals surface area contributed by atoms with Crippen LogP contribution in [-0.4, -0.2) is 40.1 Å². The van der Waals surface area contributed by atoms with Gasteiger partial charge in [-0.05, 0) is 44.6 Å². The Morgan fingerprint density at radius 2 is 1.76 bits per heavy atom. The van der Waals surface area contributed by atoms with Gasteiger partial charge in [-0.3, -0.25) is 4.68 Å². The van der Waals surface area contributed by atoms with Gasteiger partial charge in [0.25, 0.3) is 0 Å². The van der Waals surface area contributed by atoms with E-state index < -0.39 is 0 Å². The van der Waals surface area contributed by atoms with Crippen LogP contribution in [0.25, 0.3) is 0 Å². The molecule has 1 unspecified atom stereocenters. The topological polar surface area (TPSA) is 62.1 Å². The van der Waals surface area contributed by atoms with Gasteiger partial charge in [0, 0.05) is 35.5 Å². The first kappa shape index (κ1) is 23.3. The predicted octanol–water partition coefficient (Wildman–Crippen LogP) is 4.93. The maximum absolute atomic E-state index is 5.91. The Morgan fingerprint density at radius 3 is 2.38 bits per heavy atom. The number of hydrogen-bond acceptors (Lipinski definition) is 5. The van der Waals surface area contributed by atoms with E-state index in [9.17, 15) is 0 Å². The molecule has 0 aliphatic rings. The molecule has 0 aromatic carbocycles. The summed E-state index contributed by atoms with van der Waals surface area (Å²) in [6.45, 7) is 18.7. The Labute approximate surface area is 176 Å². The van der Waals surface area contributed by atoms with Gasteiger partial charge in [-0.25, -0.2) is 9.97 Å². The van der Waals surface area contributed by atoms with Gasteiger partial charge in [-0.15, -0.1) is 0 Å². The van der Waals surface area contributed by atoms with Gasteiger partial charge in [0.15, 0.2) is 0 Å². The zero-order chi connectivity index (χ0) is 21.8. The summed E-state index contributed by atoms with van der Waals surface area (Å²) in [7, 11) is 1.67. The number of methoxy groups -OCH3 is 1. The zero-order valence-corrected chi connectivity index (χ0v) is 19.7. The lowest BCUT2D eigenvalue weighted by Crippen LogP contribution is -2.25. The average molecular weight is 403 g/mol. The van der Waals surface area contributed by atoms with Crippen molar-refractivity contribution in [3.8, 4) is 5.88 Å². The van der Waals surface area contributed by atoms with Gasteiger partial charge in [0.2, 0.25) is 5.88 Å². The summed E-state index contributed by atoms with van der Waals surface area (Å²) in [4.78, 5) is 8.84. The third-order valence-electron chi connectivity index (χ3n) is 5.50. The highest BCUT2D eigenvalue weighted by Gasteiger charge is 2.30. The number of ether oxygens (including phenoxy) is 2. The molecule has 0 amide bonds. The highest BCUT2D eigenvalue weighted by Crippen LogP contribution is 2.38. The van der Waals surface area contributed by atoms with Crippen LogP contribution in [0, 0.1) is 13.8 Å². The molecule has 2 heterocycles. The van der Waals surface area contributed by atoms with Crippen molar-refractivity contribution < 1.29 is 9.47 Å². The van der Waals surface area contributed by atoms with Crippen molar-refractivity contribution in [2.75, 3.05) is 20.3 Å². The van der Waals surface area contributed by atoms with Crippen molar-refractivity contribution in [2.24, 2.45) is 0 Å². The quantitative estimate of drug-likeness (QED) is 0.556. The van der Waals surface area contributed by atoms with Crippen molar-refractivity contribution in [3.63, 3.8) is 0 Å². The average Bonchev–Trinajstić information content (AvgIpc) is 3.02. The third kappa shape index (κ3) is 5.56. The van der Waals surface area contributed by atoms with Crippen molar-refractivity contribution in [3.05, 3.63) is 35.0 Å². The Morgan fingerprint density at radius 1 is 1.07 bits per heavy atom. The summed E-state index contributed by atoms with van der Waals surface area (Å²) in [5, 5.41) is 4.69. The summed E-state index contributed by atoms with van der Waals surface area (Å²) in [6.07, 6.45) is 5.54. The van der Waals surface area contributed by atoms with Gasteiger partial charge in [-0.1, -0.05) is 34.6 Å². The van der Waals surface area contributed by atoms with Gasteiger partial charge in [0.1, 0.15) is 12.9 Å². The minimum absolute atomic E-state index is 0.0660. The molecule has 0 aliphatic carbocycles. The van der Waals surface area contributed by atoms with E-state index in [1.165, 1.54) is 11.3 Å². The van der Waals surface area contributed by atoms with Gasteiger partial charge in [0.05, 0.1) is 12.8 Å². The third-order valence-corrected chi connectivity index (χ3v) is 5.50. The van der Waals surface area contributed by atoms with Crippen LogP contribution >= 0.6 is 0 Å². The minimum Gasteiger partial charge on any atom is -0.475 e. The Kier molecular flexibility index (Phi) is 7.44. The number of aromatic nitrogens is 4. The van der Waals surface area contributed by atoms with E-state index in [2.05, 4.69) is 63.1 Å². The molecule has 0 fully saturated rings. The van der Waals surface area contributed by atoms with Crippen LogP contribution in [0.15, 0.2) is 12.5 Å². The SMILES string of the molecule is COCCOc1ncnc(C)c1C(C)(C)CCC(C)n1ncc(C)c1C(C)(C)C. The molecule has 2 aromatic rings. The lowest BCUT2D eigenvalue weighted by atomic mass is 9.79. The van der Waals surface area contributed by atoms with Gasteiger partial charge < -0.3 is 9.47 Å². The number of rotatable bonds is 9. The minimum atomic E-state index is -0.119. The molecule has 162 valence electrons. The van der Waals surface area contributed by atoms with Crippen molar-refractivity contribution >= 4 is 0 Å². The van der Waals surface area contributed by atoms with Crippen LogP contribution in [0.3, 0.4) is 0 Å². The lowest BCUT2D eigenvalue weighted by molar-refractivity contribution is 0.141. The van der Waals surface area contributed by atoms with E-state index in [0.717, 1.165) is 24.1 Å². The predicted molar refractivity (Wildman–Crippen MR) is 117 cm³/mol. The first-order valence-corrected chi connectivity index (χ1v) is 10.5. The maximum atomic E-state index is 5.91. The first-order valence-electron chi connectivity index (χ1n) is 10.5. The van der Waals surface area contributed by atoms with E-state index in [0.29, 0.717) is 25.1 Å². The smallest absolute Gasteiger partial charge is 0.220 e. The highest BCUT2D eigenvalue weighted by molar-refractivity contribution is 5.36. The molecule has 0 spiro atoms. The summed E-state index contributed by atoms with van der Waals surface area (Å²) < 4.78 is 13.2. The van der Waals surface area contributed by atoms with Crippen LogP contribution in [0.2, 0.25) is 0 Å². The van der Waals surface area contributed by atoms with Crippen molar-refractivity contribution in [1.29, 1.82) is 0 Å². The Balaban J connectivity index is 2.21. The fraction of sp³-hybridized carbons (Fsp3) is 0.696. The van der Waals surface area contributed by atoms with Gasteiger partial charge in [-0.2, -0.15) is 5.10 Å². The molecule has 0 aliphatic heterocycles. The molecule has 2 aromatic heterocycles. The van der Waals surface area contributed by atoms with E-state index in [-0.39, 0.29) is 10.8 Å². The standard InChI is InChI=1S/C23H38N4O2/c1-16-14-26-27(20(16)22(4,5)6)17(2)10-11-23(7,8)19-18(3)24-15-25-21(19)29-13-12-28-9/h14-15,17H,10-13H2,1-9H3. The van der Waals surface area contributed by atoms with Crippen molar-refractivity contribution in [2.45, 2.75) is 85.1 Å². The molecule has 0 saturated carbocycles. The summed E-state index contributed by atoms with van der Waals surface area (Å²) in [5.74, 6) is 0.664. The number of aryl methyl sites for hydroxylation is 2. The Hall–Kier alpha value is -1.95. The molecule has 2 rings (SSSR count). The molecule has 1 atom stereocenters. The second kappa shape index (κ2) is 9.24. The highest BCUT2D eigenvalue weighted by atomic mass is 16.5. The fourth-order valence-electron chi connectivity index (χ4n) is 4.10. The largest absolute Gasteiger partial charge is 0.475 e. The van der Waals surface area contributed by atoms with Crippen LogP contribution in [0.5, 0.6) is 5.88 Å². The molecule has 0 bridgehead atoms. The maximum Gasteiger partial charge on any atom is 0.220 e. The summed E-state index contributed by atoms with van der Waals surface area (Å²) in [5.41, 5.74) is 4.56. The molecule has 0 radical (unpaired) electrons. The normalized spacial score (nSPS) is 13.6. The molecular formula is C23H38N4O2. The van der Waals surface area contributed by atoms with E-state index >= 15 is 0 Å². The second-order valence-electron chi connectivity index (χ2n) is 9.62. The summed E-state index contributed by atoms with van der Waals surface area (Å²) >= 11 is 0. The lowest BCUT2D eigenvalue weighted by Gasteiger charge is -2.30.